The van der Waals surface area contributed by atoms with Crippen LogP contribution in [0.2, 0.25) is 0 Å². The molecule has 5 heteroatoms. The highest BCUT2D eigenvalue weighted by Crippen LogP contribution is 2.26. The van der Waals surface area contributed by atoms with Gasteiger partial charge in [-0.05, 0) is 42.5 Å². The molecule has 0 unspecified atom stereocenters. The molecule has 4 nitrogen and oxygen atoms in total. The van der Waals surface area contributed by atoms with Crippen LogP contribution in [0.15, 0.2) is 46.9 Å². The van der Waals surface area contributed by atoms with Crippen molar-refractivity contribution in [3.05, 3.63) is 48.3 Å². The number of amides is 1. The van der Waals surface area contributed by atoms with Gasteiger partial charge in [-0.3, -0.25) is 4.79 Å². The molecule has 2 aromatic carbocycles. The molecular formula is C14H9FN2O2. The molecule has 0 aliphatic heterocycles. The molecule has 0 fully saturated rings. The highest BCUT2D eigenvalue weighted by atomic mass is 19.1. The Labute approximate surface area is 107 Å². The molecule has 3 aromatic rings. The summed E-state index contributed by atoms with van der Waals surface area (Å²) < 4.78 is 18.4. The predicted molar refractivity (Wildman–Crippen MR) is 69.1 cm³/mol. The van der Waals surface area contributed by atoms with Crippen LogP contribution in [0, 0.1) is 5.82 Å². The van der Waals surface area contributed by atoms with Gasteiger partial charge in [0.25, 0.3) is 0 Å². The fraction of sp³-hybridized carbons (Fsp3) is 0. The fourth-order valence-electron chi connectivity index (χ4n) is 1.80. The Morgan fingerprint density at radius 3 is 2.68 bits per heavy atom. The average Bonchev–Trinajstić information content (AvgIpc) is 2.83. The lowest BCUT2D eigenvalue weighted by Gasteiger charge is -1.95. The second-order valence-corrected chi connectivity index (χ2v) is 3.97. The lowest BCUT2D eigenvalue weighted by molar-refractivity contribution is -0.105. The maximum Gasteiger partial charge on any atom is 0.227 e. The second kappa shape index (κ2) is 4.53. The summed E-state index contributed by atoms with van der Waals surface area (Å²) >= 11 is 0. The van der Waals surface area contributed by atoms with Gasteiger partial charge in [0.05, 0.1) is 0 Å². The van der Waals surface area contributed by atoms with E-state index in [9.17, 15) is 9.18 Å². The summed E-state index contributed by atoms with van der Waals surface area (Å²) in [6.07, 6.45) is 0.599. The summed E-state index contributed by atoms with van der Waals surface area (Å²) in [5.41, 5.74) is 2.57. The van der Waals surface area contributed by atoms with Crippen molar-refractivity contribution in [3.63, 3.8) is 0 Å². The van der Waals surface area contributed by atoms with Crippen molar-refractivity contribution in [3.8, 4) is 11.5 Å². The number of carbonyl (C=O) groups is 1. The lowest BCUT2D eigenvalue weighted by atomic mass is 10.2. The van der Waals surface area contributed by atoms with Crippen LogP contribution in [0.1, 0.15) is 0 Å². The van der Waals surface area contributed by atoms with E-state index < -0.39 is 0 Å². The zero-order valence-corrected chi connectivity index (χ0v) is 9.76. The Bertz CT molecular complexity index is 735. The van der Waals surface area contributed by atoms with Gasteiger partial charge >= 0.3 is 0 Å². The van der Waals surface area contributed by atoms with Crippen molar-refractivity contribution in [1.82, 2.24) is 4.98 Å². The maximum absolute atomic E-state index is 12.9. The number of nitrogens with one attached hydrogen (secondary N) is 1. The van der Waals surface area contributed by atoms with Crippen LogP contribution >= 0.6 is 0 Å². The van der Waals surface area contributed by atoms with E-state index in [1.165, 1.54) is 12.1 Å². The summed E-state index contributed by atoms with van der Waals surface area (Å²) in [4.78, 5) is 14.7. The van der Waals surface area contributed by atoms with Gasteiger partial charge < -0.3 is 9.73 Å². The first-order valence-electron chi connectivity index (χ1n) is 5.63. The molecule has 0 spiro atoms. The number of fused-ring (bicyclic) bond motifs is 1. The molecule has 0 bridgehead atoms. The van der Waals surface area contributed by atoms with E-state index in [1.54, 1.807) is 30.3 Å². The van der Waals surface area contributed by atoms with E-state index in [4.69, 9.17) is 4.42 Å². The molecule has 0 atom stereocenters. The molecule has 19 heavy (non-hydrogen) atoms. The van der Waals surface area contributed by atoms with E-state index in [-0.39, 0.29) is 5.82 Å². The van der Waals surface area contributed by atoms with Gasteiger partial charge in [-0.1, -0.05) is 0 Å². The molecule has 94 valence electrons. The van der Waals surface area contributed by atoms with Crippen LogP contribution in [-0.2, 0) is 4.79 Å². The summed E-state index contributed by atoms with van der Waals surface area (Å²) in [6.45, 7) is 0. The predicted octanol–water partition coefficient (Wildman–Crippen LogP) is 3.20. The van der Waals surface area contributed by atoms with Crippen molar-refractivity contribution in [2.45, 2.75) is 0 Å². The Kier molecular flexibility index (Phi) is 2.72. The monoisotopic (exact) mass is 256 g/mol. The normalized spacial score (nSPS) is 10.6. The van der Waals surface area contributed by atoms with Crippen LogP contribution < -0.4 is 5.32 Å². The lowest BCUT2D eigenvalue weighted by Crippen LogP contribution is -1.92. The first-order chi connectivity index (χ1) is 9.26. The van der Waals surface area contributed by atoms with Crippen molar-refractivity contribution in [2.24, 2.45) is 0 Å². The van der Waals surface area contributed by atoms with Crippen molar-refractivity contribution in [2.75, 3.05) is 5.32 Å². The van der Waals surface area contributed by atoms with E-state index in [2.05, 4.69) is 10.3 Å². The van der Waals surface area contributed by atoms with Gasteiger partial charge in [0.1, 0.15) is 11.3 Å². The summed E-state index contributed by atoms with van der Waals surface area (Å²) in [5, 5.41) is 2.54. The molecule has 0 radical (unpaired) electrons. The molecule has 1 amide bonds. The number of hydrogen-bond acceptors (Lipinski definition) is 3. The minimum absolute atomic E-state index is 0.308. The van der Waals surface area contributed by atoms with Crippen LogP contribution in [0.4, 0.5) is 10.1 Å². The number of rotatable bonds is 3. The van der Waals surface area contributed by atoms with E-state index >= 15 is 0 Å². The summed E-state index contributed by atoms with van der Waals surface area (Å²) in [5.74, 6) is 0.107. The van der Waals surface area contributed by atoms with Gasteiger partial charge in [0.15, 0.2) is 5.58 Å². The third-order valence-corrected chi connectivity index (χ3v) is 2.70. The largest absolute Gasteiger partial charge is 0.436 e. The molecule has 0 saturated carbocycles. The SMILES string of the molecule is O=CNc1ccc2oc(-c3ccc(F)cc3)nc2c1. The van der Waals surface area contributed by atoms with Gasteiger partial charge in [0, 0.05) is 11.3 Å². The fourth-order valence-corrected chi connectivity index (χ4v) is 1.80. The van der Waals surface area contributed by atoms with Crippen LogP contribution in [-0.4, -0.2) is 11.4 Å². The molecule has 0 saturated heterocycles. The highest BCUT2D eigenvalue weighted by molar-refractivity contribution is 5.83. The van der Waals surface area contributed by atoms with Gasteiger partial charge in [-0.25, -0.2) is 9.37 Å². The third kappa shape index (κ3) is 2.18. The highest BCUT2D eigenvalue weighted by Gasteiger charge is 2.08. The van der Waals surface area contributed by atoms with Gasteiger partial charge in [0.2, 0.25) is 12.3 Å². The van der Waals surface area contributed by atoms with Crippen LogP contribution in [0.5, 0.6) is 0 Å². The standard InChI is InChI=1S/C14H9FN2O2/c15-10-3-1-9(2-4-10)14-17-12-7-11(16-8-18)5-6-13(12)19-14/h1-8H,(H,16,18). The summed E-state index contributed by atoms with van der Waals surface area (Å²) in [6, 6.07) is 11.1. The number of aromatic nitrogens is 1. The third-order valence-electron chi connectivity index (χ3n) is 2.70. The molecule has 0 aliphatic rings. The quantitative estimate of drug-likeness (QED) is 0.732. The summed E-state index contributed by atoms with van der Waals surface area (Å²) in [7, 11) is 0. The zero-order chi connectivity index (χ0) is 13.2. The van der Waals surface area contributed by atoms with E-state index in [0.29, 0.717) is 34.7 Å². The zero-order valence-electron chi connectivity index (χ0n) is 9.76. The van der Waals surface area contributed by atoms with E-state index in [0.717, 1.165) is 0 Å². The molecular weight excluding hydrogens is 247 g/mol. The number of benzene rings is 2. The molecule has 0 aliphatic carbocycles. The van der Waals surface area contributed by atoms with Crippen molar-refractivity contribution < 1.29 is 13.6 Å². The number of carbonyl (C=O) groups excluding carboxylic acids is 1. The minimum Gasteiger partial charge on any atom is -0.436 e. The van der Waals surface area contributed by atoms with Gasteiger partial charge in [-0.15, -0.1) is 0 Å². The molecule has 3 rings (SSSR count). The Hall–Kier alpha value is -2.69. The molecule has 1 aromatic heterocycles. The molecule has 1 N–H and O–H groups in total. The Morgan fingerprint density at radius 1 is 1.16 bits per heavy atom. The second-order valence-electron chi connectivity index (χ2n) is 3.97. The number of anilines is 1. The number of nitrogens with zero attached hydrogens (tertiary/aromatic N) is 1. The number of oxazole rings is 1. The molecule has 1 heterocycles. The van der Waals surface area contributed by atoms with Crippen LogP contribution in [0.25, 0.3) is 22.6 Å². The van der Waals surface area contributed by atoms with E-state index in [1.807, 2.05) is 0 Å². The maximum atomic E-state index is 12.9. The Balaban J connectivity index is 2.05. The number of halogens is 1. The first kappa shape index (κ1) is 11.4. The van der Waals surface area contributed by atoms with Crippen molar-refractivity contribution in [1.29, 1.82) is 0 Å². The van der Waals surface area contributed by atoms with Crippen LogP contribution in [0.3, 0.4) is 0 Å². The topological polar surface area (TPSA) is 55.1 Å². The smallest absolute Gasteiger partial charge is 0.227 e. The Morgan fingerprint density at radius 2 is 1.95 bits per heavy atom. The minimum atomic E-state index is -0.308. The van der Waals surface area contributed by atoms with Crippen molar-refractivity contribution >= 4 is 23.2 Å². The van der Waals surface area contributed by atoms with Gasteiger partial charge in [-0.2, -0.15) is 0 Å². The number of hydrogen-bond donors (Lipinski definition) is 1. The first-order valence-corrected chi connectivity index (χ1v) is 5.63. The average molecular weight is 256 g/mol.